The number of guanidine groups is 1. The van der Waals surface area contributed by atoms with Crippen molar-refractivity contribution in [2.45, 2.75) is 32.8 Å². The Balaban J connectivity index is 0.00000576. The third-order valence-electron chi connectivity index (χ3n) is 3.15. The molecule has 0 aliphatic heterocycles. The summed E-state index contributed by atoms with van der Waals surface area (Å²) in [5, 5.41) is 9.02. The molecule has 1 rings (SSSR count). The molecule has 6 nitrogen and oxygen atoms in total. The molecule has 0 aliphatic rings. The zero-order chi connectivity index (χ0) is 17.8. The molecule has 1 aromatic carbocycles. The summed E-state index contributed by atoms with van der Waals surface area (Å²) in [6.45, 7) is 5.65. The molecule has 0 aromatic heterocycles. The maximum absolute atomic E-state index is 12.8. The van der Waals surface area contributed by atoms with E-state index in [9.17, 15) is 9.18 Å². The molecule has 0 saturated carbocycles. The minimum absolute atomic E-state index is 0. The fourth-order valence-corrected chi connectivity index (χ4v) is 1.90. The van der Waals surface area contributed by atoms with Crippen LogP contribution in [0.5, 0.6) is 5.75 Å². The number of carbonyl (C=O) groups is 1. The van der Waals surface area contributed by atoms with Gasteiger partial charge >= 0.3 is 0 Å². The van der Waals surface area contributed by atoms with Crippen molar-refractivity contribution in [2.75, 3.05) is 26.7 Å². The second-order valence-corrected chi connectivity index (χ2v) is 5.36. The molecule has 1 unspecified atom stereocenters. The molecule has 0 spiro atoms. The van der Waals surface area contributed by atoms with Gasteiger partial charge in [-0.05, 0) is 37.6 Å². The van der Waals surface area contributed by atoms with Gasteiger partial charge in [-0.1, -0.05) is 6.92 Å². The van der Waals surface area contributed by atoms with E-state index < -0.39 is 0 Å². The zero-order valence-electron chi connectivity index (χ0n) is 15.0. The number of amides is 1. The number of benzene rings is 1. The van der Waals surface area contributed by atoms with Crippen LogP contribution in [0.3, 0.4) is 0 Å². The molecule has 142 valence electrons. The van der Waals surface area contributed by atoms with Crippen molar-refractivity contribution in [1.29, 1.82) is 0 Å². The van der Waals surface area contributed by atoms with E-state index in [2.05, 4.69) is 20.9 Å². The van der Waals surface area contributed by atoms with Crippen LogP contribution in [0.2, 0.25) is 0 Å². The largest absolute Gasteiger partial charge is 0.489 e. The van der Waals surface area contributed by atoms with E-state index in [0.717, 1.165) is 6.42 Å². The van der Waals surface area contributed by atoms with Gasteiger partial charge in [0.25, 0.3) is 0 Å². The zero-order valence-corrected chi connectivity index (χ0v) is 17.3. The first-order valence-corrected chi connectivity index (χ1v) is 8.18. The van der Waals surface area contributed by atoms with Gasteiger partial charge in [0, 0.05) is 26.6 Å². The molecule has 1 aromatic rings. The Bertz CT molecular complexity index is 526. The number of nitrogens with one attached hydrogen (secondary N) is 3. The fraction of sp³-hybridized carbons (Fsp3) is 0.529. The Morgan fingerprint density at radius 2 is 1.88 bits per heavy atom. The van der Waals surface area contributed by atoms with Crippen LogP contribution >= 0.6 is 24.0 Å². The third-order valence-corrected chi connectivity index (χ3v) is 3.15. The summed E-state index contributed by atoms with van der Waals surface area (Å²) < 4.78 is 18.5. The van der Waals surface area contributed by atoms with Gasteiger partial charge < -0.3 is 20.7 Å². The number of rotatable bonds is 9. The average molecular weight is 466 g/mol. The number of nitrogens with zero attached hydrogens (tertiary/aromatic N) is 1. The molecule has 1 amide bonds. The molecule has 0 aliphatic carbocycles. The van der Waals surface area contributed by atoms with Crippen LogP contribution in [0.1, 0.15) is 26.7 Å². The lowest BCUT2D eigenvalue weighted by atomic mass is 10.3. The van der Waals surface area contributed by atoms with Crippen LogP contribution < -0.4 is 20.7 Å². The van der Waals surface area contributed by atoms with Gasteiger partial charge in [-0.2, -0.15) is 0 Å². The summed E-state index contributed by atoms with van der Waals surface area (Å²) >= 11 is 0. The number of hydrogen-bond donors (Lipinski definition) is 3. The van der Waals surface area contributed by atoms with Crippen LogP contribution in [0.15, 0.2) is 29.3 Å². The molecule has 8 heteroatoms. The predicted molar refractivity (Wildman–Crippen MR) is 109 cm³/mol. The molecule has 0 saturated heterocycles. The summed E-state index contributed by atoms with van der Waals surface area (Å²) in [5.41, 5.74) is 0. The molecule has 0 fully saturated rings. The Morgan fingerprint density at radius 1 is 1.20 bits per heavy atom. The van der Waals surface area contributed by atoms with Gasteiger partial charge in [0.15, 0.2) is 5.96 Å². The van der Waals surface area contributed by atoms with Crippen molar-refractivity contribution in [3.05, 3.63) is 30.1 Å². The van der Waals surface area contributed by atoms with Crippen molar-refractivity contribution in [1.82, 2.24) is 16.0 Å². The highest BCUT2D eigenvalue weighted by Crippen LogP contribution is 2.12. The summed E-state index contributed by atoms with van der Waals surface area (Å²) in [7, 11) is 1.66. The standard InChI is InChI=1S/C17H27FN4O2.HI/c1-4-10-20-16(23)9-11-21-17(19-3)22-12-13(2)24-15-7-5-14(18)6-8-15;/h5-8,13H,4,9-12H2,1-3H3,(H,20,23)(H2,19,21,22);1H. The lowest BCUT2D eigenvalue weighted by Gasteiger charge is -2.17. The topological polar surface area (TPSA) is 74.8 Å². The van der Waals surface area contributed by atoms with E-state index in [0.29, 0.717) is 37.8 Å². The summed E-state index contributed by atoms with van der Waals surface area (Å²) in [5.74, 6) is 0.947. The molecular weight excluding hydrogens is 438 g/mol. The van der Waals surface area contributed by atoms with Gasteiger partial charge in [0.05, 0.1) is 6.54 Å². The van der Waals surface area contributed by atoms with Crippen LogP contribution in [-0.2, 0) is 4.79 Å². The van der Waals surface area contributed by atoms with Gasteiger partial charge in [-0.25, -0.2) is 4.39 Å². The highest BCUT2D eigenvalue weighted by atomic mass is 127. The molecule has 0 radical (unpaired) electrons. The number of halogens is 2. The lowest BCUT2D eigenvalue weighted by Crippen LogP contribution is -2.43. The number of hydrogen-bond acceptors (Lipinski definition) is 3. The second kappa shape index (κ2) is 13.7. The maximum atomic E-state index is 12.8. The second-order valence-electron chi connectivity index (χ2n) is 5.36. The van der Waals surface area contributed by atoms with E-state index in [1.807, 2.05) is 13.8 Å². The molecule has 0 heterocycles. The van der Waals surface area contributed by atoms with Gasteiger partial charge in [0.1, 0.15) is 17.7 Å². The quantitative estimate of drug-likeness (QED) is 0.297. The Morgan fingerprint density at radius 3 is 2.48 bits per heavy atom. The monoisotopic (exact) mass is 466 g/mol. The third kappa shape index (κ3) is 10.8. The van der Waals surface area contributed by atoms with E-state index in [-0.39, 0.29) is 41.8 Å². The highest BCUT2D eigenvalue weighted by Gasteiger charge is 2.06. The fourth-order valence-electron chi connectivity index (χ4n) is 1.90. The van der Waals surface area contributed by atoms with Crippen molar-refractivity contribution in [2.24, 2.45) is 4.99 Å². The first-order valence-electron chi connectivity index (χ1n) is 8.18. The Labute approximate surface area is 166 Å². The van der Waals surface area contributed by atoms with Crippen molar-refractivity contribution < 1.29 is 13.9 Å². The normalized spacial score (nSPS) is 11.9. The smallest absolute Gasteiger partial charge is 0.221 e. The minimum atomic E-state index is -0.291. The molecule has 3 N–H and O–H groups in total. The first kappa shape index (κ1) is 23.4. The van der Waals surface area contributed by atoms with Crippen LogP contribution in [0.25, 0.3) is 0 Å². The maximum Gasteiger partial charge on any atom is 0.221 e. The van der Waals surface area contributed by atoms with E-state index >= 15 is 0 Å². The first-order chi connectivity index (χ1) is 11.5. The van der Waals surface area contributed by atoms with Crippen LogP contribution in [0.4, 0.5) is 4.39 Å². The number of aliphatic imine (C=N–C) groups is 1. The van der Waals surface area contributed by atoms with Gasteiger partial charge in [-0.15, -0.1) is 24.0 Å². The molecular formula is C17H28FIN4O2. The minimum Gasteiger partial charge on any atom is -0.489 e. The average Bonchev–Trinajstić information content (AvgIpc) is 2.58. The number of ether oxygens (including phenoxy) is 1. The molecule has 1 atom stereocenters. The SMILES string of the molecule is CCCNC(=O)CCNC(=NC)NCC(C)Oc1ccc(F)cc1.I. The Hall–Kier alpha value is -1.58. The van der Waals surface area contributed by atoms with E-state index in [1.165, 1.54) is 12.1 Å². The summed E-state index contributed by atoms with van der Waals surface area (Å²) in [4.78, 5) is 15.6. The van der Waals surface area contributed by atoms with Crippen molar-refractivity contribution >= 4 is 35.8 Å². The van der Waals surface area contributed by atoms with E-state index in [4.69, 9.17) is 4.74 Å². The van der Waals surface area contributed by atoms with E-state index in [1.54, 1.807) is 19.2 Å². The predicted octanol–water partition coefficient (Wildman–Crippen LogP) is 2.29. The molecule has 0 bridgehead atoms. The van der Waals surface area contributed by atoms with Gasteiger partial charge in [0.2, 0.25) is 5.91 Å². The Kier molecular flexibility index (Phi) is 12.8. The van der Waals surface area contributed by atoms with Crippen molar-refractivity contribution in [3.8, 4) is 5.75 Å². The highest BCUT2D eigenvalue weighted by molar-refractivity contribution is 14.0. The van der Waals surface area contributed by atoms with Crippen LogP contribution in [0, 0.1) is 5.82 Å². The lowest BCUT2D eigenvalue weighted by molar-refractivity contribution is -0.120. The van der Waals surface area contributed by atoms with Gasteiger partial charge in [-0.3, -0.25) is 9.79 Å². The number of carbonyl (C=O) groups excluding carboxylic acids is 1. The van der Waals surface area contributed by atoms with Crippen LogP contribution in [-0.4, -0.2) is 44.7 Å². The summed E-state index contributed by atoms with van der Waals surface area (Å²) in [6, 6.07) is 5.90. The molecule has 25 heavy (non-hydrogen) atoms. The summed E-state index contributed by atoms with van der Waals surface area (Å²) in [6.07, 6.45) is 1.19. The van der Waals surface area contributed by atoms with Crippen molar-refractivity contribution in [3.63, 3.8) is 0 Å².